The third kappa shape index (κ3) is 3.77. The van der Waals surface area contributed by atoms with E-state index in [1.807, 2.05) is 0 Å². The van der Waals surface area contributed by atoms with Crippen LogP contribution in [0, 0.1) is 11.6 Å². The van der Waals surface area contributed by atoms with Crippen LogP contribution < -0.4 is 9.47 Å². The van der Waals surface area contributed by atoms with E-state index in [0.717, 1.165) is 12.1 Å². The van der Waals surface area contributed by atoms with Gasteiger partial charge in [-0.1, -0.05) is 12.1 Å². The van der Waals surface area contributed by atoms with Crippen molar-refractivity contribution in [2.75, 3.05) is 20.8 Å². The molecule has 0 aliphatic heterocycles. The van der Waals surface area contributed by atoms with Crippen LogP contribution in [0.25, 0.3) is 0 Å². The van der Waals surface area contributed by atoms with Gasteiger partial charge in [0.25, 0.3) is 0 Å². The van der Waals surface area contributed by atoms with Crippen LogP contribution in [0.1, 0.15) is 15.9 Å². The fraction of sp³-hybridized carbons (Fsp3) is 0.235. The molecule has 2 rings (SSSR count). The van der Waals surface area contributed by atoms with E-state index in [-0.39, 0.29) is 13.0 Å². The van der Waals surface area contributed by atoms with Gasteiger partial charge in [-0.05, 0) is 24.3 Å². The zero-order valence-corrected chi connectivity index (χ0v) is 12.8. The fourth-order valence-corrected chi connectivity index (χ4v) is 2.19. The Hall–Kier alpha value is -2.63. The SMILES string of the molecule is COc1cccc(OC)c1CCOC(=O)c1c(F)cccc1F. The molecule has 0 heterocycles. The summed E-state index contributed by atoms with van der Waals surface area (Å²) < 4.78 is 42.4. The third-order valence-corrected chi connectivity index (χ3v) is 3.28. The highest BCUT2D eigenvalue weighted by atomic mass is 19.1. The molecule has 0 unspecified atom stereocenters. The number of benzene rings is 2. The number of methoxy groups -OCH3 is 2. The predicted octanol–water partition coefficient (Wildman–Crippen LogP) is 3.38. The van der Waals surface area contributed by atoms with E-state index in [1.165, 1.54) is 20.3 Å². The van der Waals surface area contributed by atoms with E-state index >= 15 is 0 Å². The van der Waals surface area contributed by atoms with Gasteiger partial charge >= 0.3 is 5.97 Å². The van der Waals surface area contributed by atoms with Crippen molar-refractivity contribution in [3.8, 4) is 11.5 Å². The molecule has 0 aliphatic carbocycles. The molecule has 0 spiro atoms. The van der Waals surface area contributed by atoms with Gasteiger partial charge in [0.15, 0.2) is 0 Å². The van der Waals surface area contributed by atoms with Gasteiger partial charge in [-0.25, -0.2) is 13.6 Å². The topological polar surface area (TPSA) is 44.8 Å². The lowest BCUT2D eigenvalue weighted by atomic mass is 10.1. The number of carbonyl (C=O) groups is 1. The van der Waals surface area contributed by atoms with Crippen molar-refractivity contribution in [3.63, 3.8) is 0 Å². The monoisotopic (exact) mass is 322 g/mol. The van der Waals surface area contributed by atoms with Crippen molar-refractivity contribution in [3.05, 3.63) is 59.2 Å². The molecule has 0 saturated heterocycles. The number of esters is 1. The molecule has 0 aliphatic rings. The Kier molecular flexibility index (Phi) is 5.51. The van der Waals surface area contributed by atoms with Crippen molar-refractivity contribution in [2.24, 2.45) is 0 Å². The van der Waals surface area contributed by atoms with Gasteiger partial charge in [-0.2, -0.15) is 0 Å². The van der Waals surface area contributed by atoms with Crippen molar-refractivity contribution < 1.29 is 27.8 Å². The molecule has 0 N–H and O–H groups in total. The van der Waals surface area contributed by atoms with Crippen LogP contribution in [-0.2, 0) is 11.2 Å². The minimum absolute atomic E-state index is 0.0661. The number of ether oxygens (including phenoxy) is 3. The van der Waals surface area contributed by atoms with E-state index in [2.05, 4.69) is 0 Å². The van der Waals surface area contributed by atoms with Gasteiger partial charge in [0.2, 0.25) is 0 Å². The molecule has 2 aromatic carbocycles. The number of hydrogen-bond acceptors (Lipinski definition) is 4. The molecule has 0 saturated carbocycles. The molecule has 0 aromatic heterocycles. The standard InChI is InChI=1S/C17H16F2O4/c1-21-14-7-4-8-15(22-2)11(14)9-10-23-17(20)16-12(18)5-3-6-13(16)19/h3-8H,9-10H2,1-2H3. The first-order chi connectivity index (χ1) is 11.1. The summed E-state index contributed by atoms with van der Waals surface area (Å²) in [6, 6.07) is 8.45. The summed E-state index contributed by atoms with van der Waals surface area (Å²) in [6.07, 6.45) is 0.287. The first-order valence-corrected chi connectivity index (χ1v) is 6.89. The lowest BCUT2D eigenvalue weighted by Gasteiger charge is -2.13. The minimum Gasteiger partial charge on any atom is -0.496 e. The number of carbonyl (C=O) groups excluding carboxylic acids is 1. The second-order valence-corrected chi connectivity index (χ2v) is 4.62. The Bertz CT molecular complexity index is 658. The first kappa shape index (κ1) is 16.7. The molecule has 122 valence electrons. The largest absolute Gasteiger partial charge is 0.496 e. The Balaban J connectivity index is 2.07. The maximum absolute atomic E-state index is 13.5. The second-order valence-electron chi connectivity index (χ2n) is 4.62. The Morgan fingerprint density at radius 2 is 1.48 bits per heavy atom. The maximum atomic E-state index is 13.5. The molecule has 0 amide bonds. The van der Waals surface area contributed by atoms with Gasteiger partial charge in [0, 0.05) is 12.0 Å². The van der Waals surface area contributed by atoms with Crippen molar-refractivity contribution >= 4 is 5.97 Å². The highest BCUT2D eigenvalue weighted by Gasteiger charge is 2.19. The first-order valence-electron chi connectivity index (χ1n) is 6.89. The second kappa shape index (κ2) is 7.58. The summed E-state index contributed by atoms with van der Waals surface area (Å²) in [5, 5.41) is 0. The van der Waals surface area contributed by atoms with Crippen LogP contribution in [0.2, 0.25) is 0 Å². The van der Waals surface area contributed by atoms with Crippen molar-refractivity contribution in [2.45, 2.75) is 6.42 Å². The van der Waals surface area contributed by atoms with Crippen LogP contribution in [-0.4, -0.2) is 26.8 Å². The van der Waals surface area contributed by atoms with Gasteiger partial charge < -0.3 is 14.2 Å². The highest BCUT2D eigenvalue weighted by molar-refractivity contribution is 5.90. The Morgan fingerprint density at radius 1 is 0.957 bits per heavy atom. The molecule has 0 bridgehead atoms. The quantitative estimate of drug-likeness (QED) is 0.765. The van der Waals surface area contributed by atoms with Crippen LogP contribution in [0.15, 0.2) is 36.4 Å². The van der Waals surface area contributed by atoms with Gasteiger partial charge in [-0.15, -0.1) is 0 Å². The van der Waals surface area contributed by atoms with Crippen LogP contribution >= 0.6 is 0 Å². The summed E-state index contributed by atoms with van der Waals surface area (Å²) in [5.41, 5.74) is 0.0128. The van der Waals surface area contributed by atoms with E-state index in [4.69, 9.17) is 14.2 Å². The fourth-order valence-electron chi connectivity index (χ4n) is 2.19. The van der Waals surface area contributed by atoms with Gasteiger partial charge in [0.1, 0.15) is 28.7 Å². The predicted molar refractivity (Wildman–Crippen MR) is 79.9 cm³/mol. The molecule has 4 nitrogen and oxygen atoms in total. The number of halogens is 2. The summed E-state index contributed by atoms with van der Waals surface area (Å²) in [6.45, 7) is -0.0661. The van der Waals surface area contributed by atoms with Gasteiger partial charge in [-0.3, -0.25) is 0 Å². The van der Waals surface area contributed by atoms with Crippen LogP contribution in [0.3, 0.4) is 0 Å². The summed E-state index contributed by atoms with van der Waals surface area (Å²) >= 11 is 0. The van der Waals surface area contributed by atoms with Crippen molar-refractivity contribution in [1.82, 2.24) is 0 Å². The molecule has 0 radical (unpaired) electrons. The highest BCUT2D eigenvalue weighted by Crippen LogP contribution is 2.28. The van der Waals surface area contributed by atoms with Crippen LogP contribution in [0.5, 0.6) is 11.5 Å². The molecule has 23 heavy (non-hydrogen) atoms. The van der Waals surface area contributed by atoms with Gasteiger partial charge in [0.05, 0.1) is 20.8 Å². The number of hydrogen-bond donors (Lipinski definition) is 0. The summed E-state index contributed by atoms with van der Waals surface area (Å²) in [5.74, 6) is -1.79. The summed E-state index contributed by atoms with van der Waals surface area (Å²) in [4.78, 5) is 11.8. The number of rotatable bonds is 6. The minimum atomic E-state index is -1.05. The normalized spacial score (nSPS) is 10.3. The van der Waals surface area contributed by atoms with E-state index in [0.29, 0.717) is 17.1 Å². The molecule has 0 atom stereocenters. The van der Waals surface area contributed by atoms with Crippen LogP contribution in [0.4, 0.5) is 8.78 Å². The molecular formula is C17H16F2O4. The van der Waals surface area contributed by atoms with E-state index < -0.39 is 23.2 Å². The zero-order chi connectivity index (χ0) is 16.8. The Morgan fingerprint density at radius 3 is 2.00 bits per heavy atom. The third-order valence-electron chi connectivity index (χ3n) is 3.28. The average Bonchev–Trinajstić information content (AvgIpc) is 2.54. The molecule has 6 heteroatoms. The lowest BCUT2D eigenvalue weighted by molar-refractivity contribution is 0.0497. The Labute approximate surface area is 132 Å². The zero-order valence-electron chi connectivity index (χ0n) is 12.8. The maximum Gasteiger partial charge on any atom is 0.344 e. The molecule has 0 fully saturated rings. The summed E-state index contributed by atoms with van der Waals surface area (Å²) in [7, 11) is 3.03. The van der Waals surface area contributed by atoms with Crippen molar-refractivity contribution in [1.29, 1.82) is 0 Å². The molecular weight excluding hydrogens is 306 g/mol. The van der Waals surface area contributed by atoms with E-state index in [9.17, 15) is 13.6 Å². The van der Waals surface area contributed by atoms with E-state index in [1.54, 1.807) is 18.2 Å². The molecule has 2 aromatic rings. The lowest BCUT2D eigenvalue weighted by Crippen LogP contribution is -2.12. The smallest absolute Gasteiger partial charge is 0.344 e. The average molecular weight is 322 g/mol.